The maximum absolute atomic E-state index is 10.7. The van der Waals surface area contributed by atoms with Gasteiger partial charge in [0.25, 0.3) is 0 Å². The fourth-order valence-corrected chi connectivity index (χ4v) is 1.45. The average molecular weight is 211 g/mol. The van der Waals surface area contributed by atoms with Crippen molar-refractivity contribution in [3.63, 3.8) is 0 Å². The Labute approximate surface area is 85.2 Å². The summed E-state index contributed by atoms with van der Waals surface area (Å²) in [6.07, 6.45) is 4.24. The van der Waals surface area contributed by atoms with Crippen molar-refractivity contribution < 1.29 is 14.3 Å². The molecular formula is C9H9NO3S. The molecule has 0 aliphatic carbocycles. The van der Waals surface area contributed by atoms with E-state index in [9.17, 15) is 9.59 Å². The quantitative estimate of drug-likeness (QED) is 0.560. The van der Waals surface area contributed by atoms with Gasteiger partial charge in [-0.1, -0.05) is 6.08 Å². The van der Waals surface area contributed by atoms with E-state index in [1.54, 1.807) is 17.5 Å². The molecule has 0 N–H and O–H groups in total. The van der Waals surface area contributed by atoms with Crippen molar-refractivity contribution in [2.24, 2.45) is 0 Å². The summed E-state index contributed by atoms with van der Waals surface area (Å²) in [6.45, 7) is 0. The third-order valence-corrected chi connectivity index (χ3v) is 2.26. The Morgan fingerprint density at radius 1 is 1.71 bits per heavy atom. The smallest absolute Gasteiger partial charge is 0.309 e. The van der Waals surface area contributed by atoms with E-state index in [4.69, 9.17) is 0 Å². The van der Waals surface area contributed by atoms with Crippen molar-refractivity contribution >= 4 is 29.7 Å². The topological polar surface area (TPSA) is 56.3 Å². The molecule has 0 bridgehead atoms. The van der Waals surface area contributed by atoms with Gasteiger partial charge in [0, 0.05) is 5.38 Å². The summed E-state index contributed by atoms with van der Waals surface area (Å²) in [7, 11) is 1.34. The van der Waals surface area contributed by atoms with Crippen molar-refractivity contribution in [3.05, 3.63) is 22.2 Å². The normalized spacial score (nSPS) is 10.4. The first kappa shape index (κ1) is 10.6. The van der Waals surface area contributed by atoms with Crippen LogP contribution in [-0.2, 0) is 9.53 Å². The number of aldehydes is 1. The molecule has 4 nitrogen and oxygen atoms in total. The summed E-state index contributed by atoms with van der Waals surface area (Å²) in [4.78, 5) is 25.0. The number of carbonyl (C=O) groups excluding carboxylic acids is 2. The molecule has 74 valence electrons. The van der Waals surface area contributed by atoms with Gasteiger partial charge in [-0.3, -0.25) is 9.59 Å². The third-order valence-electron chi connectivity index (χ3n) is 1.43. The number of carbonyl (C=O) groups is 2. The SMILES string of the molecule is COC(=O)CC=Cc1nc(C=O)cs1. The Kier molecular flexibility index (Phi) is 4.00. The summed E-state index contributed by atoms with van der Waals surface area (Å²) >= 11 is 1.35. The second-order valence-corrected chi connectivity index (χ2v) is 3.30. The Balaban J connectivity index is 2.51. The van der Waals surface area contributed by atoms with Crippen molar-refractivity contribution in [3.8, 4) is 0 Å². The van der Waals surface area contributed by atoms with Crippen molar-refractivity contribution in [2.45, 2.75) is 6.42 Å². The molecule has 5 heteroatoms. The summed E-state index contributed by atoms with van der Waals surface area (Å²) in [5.74, 6) is -0.298. The second kappa shape index (κ2) is 5.29. The van der Waals surface area contributed by atoms with Gasteiger partial charge in [0.15, 0.2) is 6.29 Å². The van der Waals surface area contributed by atoms with Gasteiger partial charge < -0.3 is 4.74 Å². The highest BCUT2D eigenvalue weighted by molar-refractivity contribution is 7.10. The molecule has 0 aliphatic heterocycles. The van der Waals surface area contributed by atoms with Gasteiger partial charge in [0.1, 0.15) is 10.7 Å². The van der Waals surface area contributed by atoms with Gasteiger partial charge in [-0.15, -0.1) is 11.3 Å². The van der Waals surface area contributed by atoms with Crippen molar-refractivity contribution in [1.29, 1.82) is 0 Å². The molecule has 1 aromatic heterocycles. The Morgan fingerprint density at radius 2 is 2.50 bits per heavy atom. The molecule has 1 rings (SSSR count). The lowest BCUT2D eigenvalue weighted by Gasteiger charge is -1.90. The number of thiazole rings is 1. The van der Waals surface area contributed by atoms with Gasteiger partial charge in [0.2, 0.25) is 0 Å². The molecule has 14 heavy (non-hydrogen) atoms. The fraction of sp³-hybridized carbons (Fsp3) is 0.222. The molecule has 0 aromatic carbocycles. The van der Waals surface area contributed by atoms with Gasteiger partial charge in [-0.2, -0.15) is 0 Å². The number of methoxy groups -OCH3 is 1. The molecule has 1 aromatic rings. The molecular weight excluding hydrogens is 202 g/mol. The van der Waals surface area contributed by atoms with Crippen LogP contribution in [-0.4, -0.2) is 24.3 Å². The summed E-state index contributed by atoms with van der Waals surface area (Å²) in [5.41, 5.74) is 0.410. The van der Waals surface area contributed by atoms with Crippen LogP contribution in [0.15, 0.2) is 11.5 Å². The number of hydrogen-bond acceptors (Lipinski definition) is 5. The van der Waals surface area contributed by atoms with Crippen molar-refractivity contribution in [2.75, 3.05) is 7.11 Å². The maximum Gasteiger partial charge on any atom is 0.309 e. The lowest BCUT2D eigenvalue weighted by molar-refractivity contribution is -0.139. The molecule has 0 atom stereocenters. The van der Waals surface area contributed by atoms with E-state index >= 15 is 0 Å². The lowest BCUT2D eigenvalue weighted by Crippen LogP contribution is -1.96. The first-order chi connectivity index (χ1) is 6.76. The number of nitrogens with zero attached hydrogens (tertiary/aromatic N) is 1. The molecule has 0 saturated heterocycles. The molecule has 0 spiro atoms. The fourth-order valence-electron chi connectivity index (χ4n) is 0.771. The highest BCUT2D eigenvalue weighted by atomic mass is 32.1. The summed E-state index contributed by atoms with van der Waals surface area (Å²) < 4.78 is 4.45. The minimum atomic E-state index is -0.298. The number of esters is 1. The summed E-state index contributed by atoms with van der Waals surface area (Å²) in [5, 5.41) is 2.36. The third kappa shape index (κ3) is 3.10. The van der Waals surface area contributed by atoms with Crippen LogP contribution in [0.4, 0.5) is 0 Å². The Morgan fingerprint density at radius 3 is 3.07 bits per heavy atom. The molecule has 0 unspecified atom stereocenters. The number of hydrogen-bond donors (Lipinski definition) is 0. The van der Waals surface area contributed by atoms with E-state index in [1.165, 1.54) is 18.4 Å². The standard InChI is InChI=1S/C9H9NO3S/c1-13-9(12)4-2-3-8-10-7(5-11)6-14-8/h2-3,5-6H,4H2,1H3. The minimum Gasteiger partial charge on any atom is -0.469 e. The van der Waals surface area contributed by atoms with Gasteiger partial charge in [0.05, 0.1) is 13.5 Å². The number of ether oxygens (including phenoxy) is 1. The summed E-state index contributed by atoms with van der Waals surface area (Å²) in [6, 6.07) is 0. The van der Waals surface area contributed by atoms with Crippen LogP contribution < -0.4 is 0 Å². The predicted molar refractivity (Wildman–Crippen MR) is 53.2 cm³/mol. The van der Waals surface area contributed by atoms with E-state index in [-0.39, 0.29) is 12.4 Å². The van der Waals surface area contributed by atoms with Crippen LogP contribution in [0.1, 0.15) is 21.9 Å². The molecule has 1 heterocycles. The first-order valence-corrected chi connectivity index (χ1v) is 4.78. The minimum absolute atomic E-state index is 0.215. The van der Waals surface area contributed by atoms with E-state index < -0.39 is 0 Å². The monoisotopic (exact) mass is 211 g/mol. The highest BCUT2D eigenvalue weighted by Crippen LogP contribution is 2.10. The van der Waals surface area contributed by atoms with E-state index in [0.717, 1.165) is 0 Å². The zero-order chi connectivity index (χ0) is 10.4. The van der Waals surface area contributed by atoms with Crippen LogP contribution in [0.3, 0.4) is 0 Å². The van der Waals surface area contributed by atoms with Gasteiger partial charge in [-0.05, 0) is 6.08 Å². The lowest BCUT2D eigenvalue weighted by atomic mass is 10.4. The van der Waals surface area contributed by atoms with Gasteiger partial charge in [-0.25, -0.2) is 4.98 Å². The molecule has 0 amide bonds. The molecule has 0 aliphatic rings. The zero-order valence-corrected chi connectivity index (χ0v) is 8.41. The molecule has 0 radical (unpaired) electrons. The largest absolute Gasteiger partial charge is 0.469 e. The predicted octanol–water partition coefficient (Wildman–Crippen LogP) is 1.53. The van der Waals surface area contributed by atoms with E-state index in [1.807, 2.05) is 0 Å². The van der Waals surface area contributed by atoms with Gasteiger partial charge >= 0.3 is 5.97 Å². The first-order valence-electron chi connectivity index (χ1n) is 3.90. The molecule has 0 fully saturated rings. The van der Waals surface area contributed by atoms with Crippen LogP contribution in [0.5, 0.6) is 0 Å². The Bertz CT molecular complexity index is 357. The van der Waals surface area contributed by atoms with Crippen LogP contribution in [0, 0.1) is 0 Å². The van der Waals surface area contributed by atoms with E-state index in [2.05, 4.69) is 9.72 Å². The highest BCUT2D eigenvalue weighted by Gasteiger charge is 1.97. The van der Waals surface area contributed by atoms with Crippen LogP contribution in [0.2, 0.25) is 0 Å². The molecule has 0 saturated carbocycles. The second-order valence-electron chi connectivity index (χ2n) is 2.41. The maximum atomic E-state index is 10.7. The number of aromatic nitrogens is 1. The Hall–Kier alpha value is -1.49. The van der Waals surface area contributed by atoms with E-state index in [0.29, 0.717) is 17.0 Å². The van der Waals surface area contributed by atoms with Crippen LogP contribution >= 0.6 is 11.3 Å². The zero-order valence-electron chi connectivity index (χ0n) is 7.60. The van der Waals surface area contributed by atoms with Crippen LogP contribution in [0.25, 0.3) is 6.08 Å². The number of rotatable bonds is 4. The van der Waals surface area contributed by atoms with Crippen molar-refractivity contribution in [1.82, 2.24) is 4.98 Å². The average Bonchev–Trinajstić information content (AvgIpc) is 2.65.